The number of nitrogens with one attached hydrogen (secondary N) is 1. The minimum Gasteiger partial charge on any atom is -0.350 e. The molecule has 0 atom stereocenters. The summed E-state index contributed by atoms with van der Waals surface area (Å²) < 4.78 is 36.9. The van der Waals surface area contributed by atoms with Gasteiger partial charge in [-0.15, -0.1) is 0 Å². The Morgan fingerprint density at radius 1 is 1.26 bits per heavy atom. The molecule has 3 N–H and O–H groups in total. The van der Waals surface area contributed by atoms with Crippen LogP contribution in [0.2, 0.25) is 0 Å². The molecular formula is C17H17FN4O3S2. The lowest BCUT2D eigenvalue weighted by atomic mass is 10.2. The lowest BCUT2D eigenvalue weighted by Gasteiger charge is -2.15. The summed E-state index contributed by atoms with van der Waals surface area (Å²) in [7, 11) is -2.03. The monoisotopic (exact) mass is 408 g/mol. The maximum Gasteiger partial charge on any atom is 0.239 e. The Hall–Kier alpha value is -2.56. The molecule has 3 aromatic rings. The standard InChI is InChI=1S/C17H17FN4O3S2/c1-22(17-21-16-13(18)3-2-4-14(16)26-17)10-15(23)20-9-11-5-7-12(8-6-11)27(19,24)25/h2-8H,9-10H2,1H3,(H,20,23)(H2,19,24,25). The third kappa shape index (κ3) is 4.59. The fourth-order valence-corrected chi connectivity index (χ4v) is 3.86. The summed E-state index contributed by atoms with van der Waals surface area (Å²) in [4.78, 5) is 18.0. The second-order valence-electron chi connectivity index (χ2n) is 5.90. The number of likely N-dealkylation sites (N-methyl/N-ethyl adjacent to an activating group) is 1. The fourth-order valence-electron chi connectivity index (χ4n) is 2.40. The van der Waals surface area contributed by atoms with Crippen molar-refractivity contribution in [2.75, 3.05) is 18.5 Å². The molecule has 1 aromatic heterocycles. The number of nitrogens with zero attached hydrogens (tertiary/aromatic N) is 2. The van der Waals surface area contributed by atoms with E-state index in [1.807, 2.05) is 0 Å². The van der Waals surface area contributed by atoms with Crippen LogP contribution in [0, 0.1) is 5.82 Å². The van der Waals surface area contributed by atoms with Crippen LogP contribution >= 0.6 is 11.3 Å². The van der Waals surface area contributed by atoms with Gasteiger partial charge >= 0.3 is 0 Å². The molecule has 0 aliphatic carbocycles. The molecule has 0 saturated carbocycles. The van der Waals surface area contributed by atoms with Gasteiger partial charge in [0.05, 0.1) is 16.1 Å². The molecule has 0 saturated heterocycles. The van der Waals surface area contributed by atoms with E-state index in [1.165, 1.54) is 29.5 Å². The normalized spacial score (nSPS) is 11.5. The van der Waals surface area contributed by atoms with Gasteiger partial charge in [-0.3, -0.25) is 4.79 Å². The lowest BCUT2D eigenvalue weighted by molar-refractivity contribution is -0.119. The summed E-state index contributed by atoms with van der Waals surface area (Å²) in [6.45, 7) is 0.294. The number of nitrogens with two attached hydrogens (primary N) is 1. The number of halogens is 1. The third-order valence-corrected chi connectivity index (χ3v) is 5.87. The van der Waals surface area contributed by atoms with Crippen molar-refractivity contribution >= 4 is 42.6 Å². The number of benzene rings is 2. The molecular weight excluding hydrogens is 391 g/mol. The second-order valence-corrected chi connectivity index (χ2v) is 8.48. The summed E-state index contributed by atoms with van der Waals surface area (Å²) in [5.41, 5.74) is 1.03. The van der Waals surface area contributed by atoms with Gasteiger partial charge in [-0.05, 0) is 29.8 Å². The van der Waals surface area contributed by atoms with Crippen molar-refractivity contribution in [3.8, 4) is 0 Å². The van der Waals surface area contributed by atoms with Gasteiger partial charge < -0.3 is 10.2 Å². The fraction of sp³-hybridized carbons (Fsp3) is 0.176. The Labute approximate surface area is 159 Å². The number of hydrogen-bond donors (Lipinski definition) is 2. The maximum atomic E-state index is 13.7. The van der Waals surface area contributed by atoms with Gasteiger partial charge in [-0.2, -0.15) is 0 Å². The summed E-state index contributed by atoms with van der Waals surface area (Å²) in [5, 5.41) is 8.33. The molecule has 0 aliphatic rings. The molecule has 0 spiro atoms. The van der Waals surface area contributed by atoms with E-state index in [0.717, 1.165) is 5.56 Å². The van der Waals surface area contributed by atoms with Crippen LogP contribution < -0.4 is 15.4 Å². The van der Waals surface area contributed by atoms with Crippen molar-refractivity contribution in [1.82, 2.24) is 10.3 Å². The first-order chi connectivity index (χ1) is 12.7. The molecule has 3 rings (SSSR count). The molecule has 1 heterocycles. The Kier molecular flexibility index (Phi) is 5.40. The van der Waals surface area contributed by atoms with Crippen molar-refractivity contribution in [2.24, 2.45) is 5.14 Å². The molecule has 0 fully saturated rings. The zero-order valence-electron chi connectivity index (χ0n) is 14.3. The van der Waals surface area contributed by atoms with Crippen LogP contribution in [0.25, 0.3) is 10.2 Å². The van der Waals surface area contributed by atoms with Gasteiger partial charge in [0.2, 0.25) is 15.9 Å². The van der Waals surface area contributed by atoms with Gasteiger partial charge in [-0.25, -0.2) is 22.9 Å². The highest BCUT2D eigenvalue weighted by molar-refractivity contribution is 7.89. The van der Waals surface area contributed by atoms with E-state index in [1.54, 1.807) is 36.2 Å². The number of fused-ring (bicyclic) bond motifs is 1. The number of para-hydroxylation sites is 1. The average Bonchev–Trinajstić information content (AvgIpc) is 3.05. The molecule has 1 amide bonds. The molecule has 0 aliphatic heterocycles. The van der Waals surface area contributed by atoms with Crippen molar-refractivity contribution < 1.29 is 17.6 Å². The van der Waals surface area contributed by atoms with Crippen molar-refractivity contribution in [2.45, 2.75) is 11.4 Å². The van der Waals surface area contributed by atoms with E-state index < -0.39 is 15.8 Å². The first kappa shape index (κ1) is 19.2. The largest absolute Gasteiger partial charge is 0.350 e. The van der Waals surface area contributed by atoms with E-state index in [9.17, 15) is 17.6 Å². The van der Waals surface area contributed by atoms with Crippen molar-refractivity contribution in [3.63, 3.8) is 0 Å². The molecule has 2 aromatic carbocycles. The minimum absolute atomic E-state index is 0.0142. The number of aromatic nitrogens is 1. The van der Waals surface area contributed by atoms with Crippen LogP contribution in [0.5, 0.6) is 0 Å². The first-order valence-electron chi connectivity index (χ1n) is 7.88. The summed E-state index contributed by atoms with van der Waals surface area (Å²) in [6, 6.07) is 10.7. The highest BCUT2D eigenvalue weighted by Crippen LogP contribution is 2.29. The Morgan fingerprint density at radius 2 is 1.96 bits per heavy atom. The summed E-state index contributed by atoms with van der Waals surface area (Å²) in [6.07, 6.45) is 0. The van der Waals surface area contributed by atoms with Crippen molar-refractivity contribution in [3.05, 3.63) is 53.8 Å². The number of primary sulfonamides is 1. The molecule has 10 heteroatoms. The smallest absolute Gasteiger partial charge is 0.239 e. The zero-order chi connectivity index (χ0) is 19.6. The van der Waals surface area contributed by atoms with Crippen LogP contribution in [0.1, 0.15) is 5.56 Å². The summed E-state index contributed by atoms with van der Waals surface area (Å²) in [5.74, 6) is -0.636. The van der Waals surface area contributed by atoms with Crippen molar-refractivity contribution in [1.29, 1.82) is 0 Å². The van der Waals surface area contributed by atoms with Gasteiger partial charge in [0.15, 0.2) is 5.13 Å². The van der Waals surface area contributed by atoms with E-state index in [-0.39, 0.29) is 23.9 Å². The van der Waals surface area contributed by atoms with E-state index in [4.69, 9.17) is 5.14 Å². The molecule has 27 heavy (non-hydrogen) atoms. The predicted octanol–water partition coefficient (Wildman–Crippen LogP) is 1.84. The van der Waals surface area contributed by atoms with Gasteiger partial charge in [0, 0.05) is 13.6 Å². The Balaban J connectivity index is 1.59. The SMILES string of the molecule is CN(CC(=O)NCc1ccc(S(N)(=O)=O)cc1)c1nc2c(F)cccc2s1. The minimum atomic E-state index is -3.74. The Bertz CT molecular complexity index is 1080. The van der Waals surface area contributed by atoms with E-state index >= 15 is 0 Å². The molecule has 142 valence electrons. The number of rotatable bonds is 6. The third-order valence-electron chi connectivity index (χ3n) is 3.81. The lowest BCUT2D eigenvalue weighted by Crippen LogP contribution is -2.34. The van der Waals surface area contributed by atoms with Crippen LogP contribution in [-0.4, -0.2) is 32.9 Å². The number of carbonyl (C=O) groups is 1. The van der Waals surface area contributed by atoms with Crippen LogP contribution in [0.4, 0.5) is 9.52 Å². The van der Waals surface area contributed by atoms with E-state index in [2.05, 4.69) is 10.3 Å². The van der Waals surface area contributed by atoms with Crippen LogP contribution in [0.3, 0.4) is 0 Å². The molecule has 0 radical (unpaired) electrons. The zero-order valence-corrected chi connectivity index (χ0v) is 16.0. The highest BCUT2D eigenvalue weighted by Gasteiger charge is 2.14. The average molecular weight is 408 g/mol. The van der Waals surface area contributed by atoms with Crippen LogP contribution in [-0.2, 0) is 21.4 Å². The Morgan fingerprint density at radius 3 is 2.59 bits per heavy atom. The molecule has 0 unspecified atom stereocenters. The molecule has 7 nitrogen and oxygen atoms in total. The van der Waals surface area contributed by atoms with Gasteiger partial charge in [-0.1, -0.05) is 29.5 Å². The quantitative estimate of drug-likeness (QED) is 0.647. The maximum absolute atomic E-state index is 13.7. The number of anilines is 1. The van der Waals surface area contributed by atoms with Gasteiger partial charge in [0.1, 0.15) is 11.3 Å². The number of carbonyl (C=O) groups excluding carboxylic acids is 1. The van der Waals surface area contributed by atoms with Crippen LogP contribution in [0.15, 0.2) is 47.4 Å². The van der Waals surface area contributed by atoms with Gasteiger partial charge in [0.25, 0.3) is 0 Å². The topological polar surface area (TPSA) is 105 Å². The first-order valence-corrected chi connectivity index (χ1v) is 10.2. The second kappa shape index (κ2) is 7.59. The number of thiazole rings is 1. The highest BCUT2D eigenvalue weighted by atomic mass is 32.2. The number of hydrogen-bond acceptors (Lipinski definition) is 6. The number of amides is 1. The van der Waals surface area contributed by atoms with E-state index in [0.29, 0.717) is 15.3 Å². The summed E-state index contributed by atoms with van der Waals surface area (Å²) >= 11 is 1.31. The number of sulfonamides is 1. The molecule has 0 bridgehead atoms. The predicted molar refractivity (Wildman–Crippen MR) is 103 cm³/mol.